The van der Waals surface area contributed by atoms with Crippen LogP contribution < -0.4 is 0 Å². The van der Waals surface area contributed by atoms with Gasteiger partial charge in [-0.2, -0.15) is 13.2 Å². The predicted octanol–water partition coefficient (Wildman–Crippen LogP) is 3.34. The summed E-state index contributed by atoms with van der Waals surface area (Å²) in [5, 5.41) is -0.259. The second-order valence-electron chi connectivity index (χ2n) is 7.93. The molecule has 33 heavy (non-hydrogen) atoms. The minimum atomic E-state index is -4.74. The summed E-state index contributed by atoms with van der Waals surface area (Å²) >= 11 is 6.35. The number of carbonyl (C=O) groups is 2. The maximum Gasteiger partial charge on any atom is 0.420 e. The quantitative estimate of drug-likeness (QED) is 0.572. The van der Waals surface area contributed by atoms with E-state index in [0.29, 0.717) is 25.3 Å². The molecule has 3 aromatic heterocycles. The monoisotopic (exact) mass is 482 g/mol. The lowest BCUT2D eigenvalue weighted by molar-refractivity contribution is -0.138. The van der Waals surface area contributed by atoms with Gasteiger partial charge in [0.15, 0.2) is 11.3 Å². The Balaban J connectivity index is 1.49. The molecule has 2 aliphatic rings. The predicted molar refractivity (Wildman–Crippen MR) is 110 cm³/mol. The first-order chi connectivity index (χ1) is 15.7. The van der Waals surface area contributed by atoms with Crippen LogP contribution in [0.25, 0.3) is 16.8 Å². The highest BCUT2D eigenvalue weighted by Gasteiger charge is 2.38. The minimum absolute atomic E-state index is 0.0239. The Morgan fingerprint density at radius 3 is 2.70 bits per heavy atom. The Hall–Kier alpha value is -3.05. The summed E-state index contributed by atoms with van der Waals surface area (Å²) in [5.74, 6) is -0.944. The number of hydrogen-bond donors (Lipinski definition) is 0. The van der Waals surface area contributed by atoms with Gasteiger partial charge in [-0.3, -0.25) is 14.0 Å². The van der Waals surface area contributed by atoms with Gasteiger partial charge in [-0.25, -0.2) is 4.98 Å². The van der Waals surface area contributed by atoms with Crippen molar-refractivity contribution in [1.29, 1.82) is 0 Å². The fourth-order valence-corrected chi connectivity index (χ4v) is 4.46. The number of pyridine rings is 1. The van der Waals surface area contributed by atoms with Crippen molar-refractivity contribution < 1.29 is 31.9 Å². The lowest BCUT2D eigenvalue weighted by Gasteiger charge is -2.37. The average molecular weight is 483 g/mol. The molecule has 1 unspecified atom stereocenters. The molecule has 3 aromatic rings. The molecule has 2 fully saturated rings. The number of piperazine rings is 1. The molecule has 0 N–H and O–H groups in total. The summed E-state index contributed by atoms with van der Waals surface area (Å²) in [6, 6.07) is 2.42. The highest BCUT2D eigenvalue weighted by molar-refractivity contribution is 6.33. The third kappa shape index (κ3) is 3.84. The number of aromatic nitrogens is 2. The van der Waals surface area contributed by atoms with E-state index in [1.54, 1.807) is 4.90 Å². The summed E-state index contributed by atoms with van der Waals surface area (Å²) in [6.45, 7) is 1.36. The van der Waals surface area contributed by atoms with Gasteiger partial charge >= 0.3 is 6.18 Å². The van der Waals surface area contributed by atoms with Crippen LogP contribution in [0.15, 0.2) is 35.3 Å². The van der Waals surface area contributed by atoms with E-state index >= 15 is 0 Å². The van der Waals surface area contributed by atoms with Crippen LogP contribution in [0.5, 0.6) is 0 Å². The zero-order valence-corrected chi connectivity index (χ0v) is 17.9. The van der Waals surface area contributed by atoms with E-state index in [0.717, 1.165) is 16.9 Å². The highest BCUT2D eigenvalue weighted by Crippen LogP contribution is 2.37. The van der Waals surface area contributed by atoms with Crippen LogP contribution in [0.2, 0.25) is 5.15 Å². The van der Waals surface area contributed by atoms with Crippen LogP contribution in [0.3, 0.4) is 0 Å². The standard InChI is InChI=1S/C21H18ClF3N4O4/c22-18-17(20(31)27-3-4-28(16(30)9-27)14-2-6-33-11-14)26-19-15(21(23,24)25)7-13(8-29(18)19)12-1-5-32-10-12/h1,5,7-8,10,14H,2-4,6,9,11H2. The molecule has 0 aromatic carbocycles. The maximum absolute atomic E-state index is 13.8. The van der Waals surface area contributed by atoms with Gasteiger partial charge < -0.3 is 19.0 Å². The maximum atomic E-state index is 13.8. The largest absolute Gasteiger partial charge is 0.472 e. The van der Waals surface area contributed by atoms with Gasteiger partial charge in [0.25, 0.3) is 5.91 Å². The molecule has 0 bridgehead atoms. The fraction of sp³-hybridized carbons (Fsp3) is 0.381. The van der Waals surface area contributed by atoms with Crippen LogP contribution in [0, 0.1) is 0 Å². The summed E-state index contributed by atoms with van der Waals surface area (Å²) < 4.78 is 52.7. The summed E-state index contributed by atoms with van der Waals surface area (Å²) in [4.78, 5) is 32.6. The molecule has 0 radical (unpaired) electrons. The molecule has 174 valence electrons. The smallest absolute Gasteiger partial charge is 0.420 e. The van der Waals surface area contributed by atoms with E-state index < -0.39 is 23.3 Å². The first-order valence-corrected chi connectivity index (χ1v) is 10.6. The number of amides is 2. The van der Waals surface area contributed by atoms with Gasteiger partial charge in [-0.15, -0.1) is 0 Å². The van der Waals surface area contributed by atoms with Crippen molar-refractivity contribution in [1.82, 2.24) is 19.2 Å². The van der Waals surface area contributed by atoms with Crippen LogP contribution in [0.1, 0.15) is 22.5 Å². The van der Waals surface area contributed by atoms with Crippen LogP contribution in [-0.2, 0) is 15.7 Å². The Morgan fingerprint density at radius 1 is 1.24 bits per heavy atom. The lowest BCUT2D eigenvalue weighted by Crippen LogP contribution is -2.55. The number of halogens is 4. The van der Waals surface area contributed by atoms with Crippen molar-refractivity contribution in [3.63, 3.8) is 0 Å². The van der Waals surface area contributed by atoms with Gasteiger partial charge in [-0.05, 0) is 18.6 Å². The van der Waals surface area contributed by atoms with E-state index in [2.05, 4.69) is 4.98 Å². The second kappa shape index (κ2) is 8.07. The molecule has 2 saturated heterocycles. The number of hydrogen-bond acceptors (Lipinski definition) is 5. The van der Waals surface area contributed by atoms with E-state index in [1.807, 2.05) is 0 Å². The normalized spacial score (nSPS) is 19.6. The molecule has 5 rings (SSSR count). The van der Waals surface area contributed by atoms with Gasteiger partial charge in [0.2, 0.25) is 5.91 Å². The van der Waals surface area contributed by atoms with Crippen molar-refractivity contribution in [2.45, 2.75) is 18.6 Å². The molecule has 8 nitrogen and oxygen atoms in total. The highest BCUT2D eigenvalue weighted by atomic mass is 35.5. The van der Waals surface area contributed by atoms with E-state index in [4.69, 9.17) is 20.8 Å². The topological polar surface area (TPSA) is 80.3 Å². The minimum Gasteiger partial charge on any atom is -0.472 e. The molecule has 0 spiro atoms. The molecule has 1 atom stereocenters. The van der Waals surface area contributed by atoms with Gasteiger partial charge in [0.05, 0.1) is 30.7 Å². The number of imidazole rings is 1. The van der Waals surface area contributed by atoms with Crippen molar-refractivity contribution in [3.8, 4) is 11.1 Å². The van der Waals surface area contributed by atoms with Gasteiger partial charge in [-0.1, -0.05) is 11.6 Å². The van der Waals surface area contributed by atoms with Crippen LogP contribution in [0.4, 0.5) is 13.2 Å². The van der Waals surface area contributed by atoms with Gasteiger partial charge in [0, 0.05) is 37.0 Å². The van der Waals surface area contributed by atoms with Crippen LogP contribution >= 0.6 is 11.6 Å². The Labute approximate surface area is 190 Å². The van der Waals surface area contributed by atoms with Crippen molar-refractivity contribution in [2.75, 3.05) is 32.8 Å². The third-order valence-electron chi connectivity index (χ3n) is 5.92. The number of carbonyl (C=O) groups excluding carboxylic acids is 2. The second-order valence-corrected chi connectivity index (χ2v) is 8.29. The molecule has 2 aliphatic heterocycles. The summed E-state index contributed by atoms with van der Waals surface area (Å²) in [6.07, 6.45) is 0.00709. The number of ether oxygens (including phenoxy) is 1. The average Bonchev–Trinajstić information content (AvgIpc) is 3.54. The number of furan rings is 1. The van der Waals surface area contributed by atoms with Crippen molar-refractivity contribution >= 4 is 29.1 Å². The number of rotatable bonds is 3. The summed E-state index contributed by atoms with van der Waals surface area (Å²) in [7, 11) is 0. The zero-order chi connectivity index (χ0) is 23.3. The Morgan fingerprint density at radius 2 is 2.06 bits per heavy atom. The lowest BCUT2D eigenvalue weighted by atomic mass is 10.1. The zero-order valence-electron chi connectivity index (χ0n) is 17.1. The number of alkyl halides is 3. The summed E-state index contributed by atoms with van der Waals surface area (Å²) in [5.41, 5.74) is -1.25. The molecule has 12 heteroatoms. The molecule has 5 heterocycles. The number of nitrogens with zero attached hydrogens (tertiary/aromatic N) is 4. The van der Waals surface area contributed by atoms with Crippen molar-refractivity contribution in [2.24, 2.45) is 0 Å². The first kappa shape index (κ1) is 21.8. The van der Waals surface area contributed by atoms with Gasteiger partial charge in [0.1, 0.15) is 11.7 Å². The number of fused-ring (bicyclic) bond motifs is 1. The van der Waals surface area contributed by atoms with Crippen LogP contribution in [-0.4, -0.2) is 69.9 Å². The Bertz CT molecular complexity index is 1220. The van der Waals surface area contributed by atoms with Crippen molar-refractivity contribution in [3.05, 3.63) is 47.3 Å². The Kier molecular flexibility index (Phi) is 5.32. The molecule has 0 aliphatic carbocycles. The van der Waals surface area contributed by atoms with E-state index in [9.17, 15) is 22.8 Å². The fourth-order valence-electron chi connectivity index (χ4n) is 4.21. The molecular formula is C21H18ClF3N4O4. The first-order valence-electron chi connectivity index (χ1n) is 10.2. The molecule has 0 saturated carbocycles. The van der Waals surface area contributed by atoms with E-state index in [-0.39, 0.29) is 41.4 Å². The molecule has 2 amide bonds. The van der Waals surface area contributed by atoms with E-state index in [1.165, 1.54) is 29.7 Å². The third-order valence-corrected chi connectivity index (χ3v) is 6.28. The SMILES string of the molecule is O=C(c1nc2c(C(F)(F)F)cc(-c3ccoc3)cn2c1Cl)N1CCN(C2CCOC2)C(=O)C1. The molecular weight excluding hydrogens is 465 g/mol.